The van der Waals surface area contributed by atoms with E-state index in [0.29, 0.717) is 0 Å². The van der Waals surface area contributed by atoms with Crippen LogP contribution in [0.4, 0.5) is 21.5 Å². The molecule has 0 aliphatic carbocycles. The maximum absolute atomic E-state index is 14.6. The van der Waals surface area contributed by atoms with Gasteiger partial charge in [-0.05, 0) is 88.3 Å². The molecule has 0 N–H and O–H groups in total. The van der Waals surface area contributed by atoms with E-state index >= 15 is 0 Å². The molecule has 5 aromatic rings. The second-order valence-electron chi connectivity index (χ2n) is 10.1. The van der Waals surface area contributed by atoms with Crippen molar-refractivity contribution in [1.82, 2.24) is 0 Å². The molecule has 176 valence electrons. The van der Waals surface area contributed by atoms with Crippen LogP contribution in [0.3, 0.4) is 0 Å². The summed E-state index contributed by atoms with van der Waals surface area (Å²) in [7, 11) is 0. The third-order valence-corrected chi connectivity index (χ3v) is 7.44. The van der Waals surface area contributed by atoms with Crippen LogP contribution in [-0.4, -0.2) is 0 Å². The fourth-order valence-corrected chi connectivity index (χ4v) is 5.50. The summed E-state index contributed by atoms with van der Waals surface area (Å²) >= 11 is 0. The van der Waals surface area contributed by atoms with Gasteiger partial charge in [0, 0.05) is 11.1 Å². The van der Waals surface area contributed by atoms with Crippen molar-refractivity contribution in [3.63, 3.8) is 0 Å². The zero-order chi connectivity index (χ0) is 24.9. The molecule has 1 heterocycles. The van der Waals surface area contributed by atoms with Crippen molar-refractivity contribution in [2.24, 2.45) is 0 Å². The Hall–Kier alpha value is -4.17. The Kier molecular flexibility index (Phi) is 5.26. The van der Waals surface area contributed by atoms with Crippen LogP contribution in [0.15, 0.2) is 115 Å². The van der Waals surface area contributed by atoms with Crippen LogP contribution in [0.2, 0.25) is 0 Å². The SMILES string of the molecule is Cc1cc(-c2ccccc2)ccc1N1c2ccc(F)cc2C(C)(C)c2cc(-c3ccccc3)ccc21. The molecule has 0 aromatic heterocycles. The number of rotatable bonds is 3. The van der Waals surface area contributed by atoms with Gasteiger partial charge >= 0.3 is 0 Å². The molecule has 0 amide bonds. The number of benzene rings is 5. The molecule has 0 spiro atoms. The van der Waals surface area contributed by atoms with Crippen molar-refractivity contribution in [1.29, 1.82) is 0 Å². The molecule has 0 saturated heterocycles. The molecule has 0 atom stereocenters. The lowest BCUT2D eigenvalue weighted by Gasteiger charge is -2.42. The Labute approximate surface area is 212 Å². The molecule has 0 saturated carbocycles. The van der Waals surface area contributed by atoms with Crippen LogP contribution < -0.4 is 4.90 Å². The van der Waals surface area contributed by atoms with Gasteiger partial charge in [-0.15, -0.1) is 0 Å². The van der Waals surface area contributed by atoms with Crippen LogP contribution in [0.5, 0.6) is 0 Å². The lowest BCUT2D eigenvalue weighted by molar-refractivity contribution is 0.596. The average molecular weight is 470 g/mol. The number of halogens is 1. The van der Waals surface area contributed by atoms with E-state index in [9.17, 15) is 4.39 Å². The third kappa shape index (κ3) is 3.61. The number of nitrogens with zero attached hydrogens (tertiary/aromatic N) is 1. The first-order chi connectivity index (χ1) is 17.4. The fraction of sp³-hybridized carbons (Fsp3) is 0.118. The fourth-order valence-electron chi connectivity index (χ4n) is 5.50. The van der Waals surface area contributed by atoms with Gasteiger partial charge in [-0.25, -0.2) is 4.39 Å². The molecule has 1 nitrogen and oxygen atoms in total. The van der Waals surface area contributed by atoms with Gasteiger partial charge in [0.15, 0.2) is 0 Å². The van der Waals surface area contributed by atoms with Crippen LogP contribution in [0.25, 0.3) is 22.3 Å². The average Bonchev–Trinajstić information content (AvgIpc) is 2.91. The number of aryl methyl sites for hydroxylation is 1. The smallest absolute Gasteiger partial charge is 0.123 e. The summed E-state index contributed by atoms with van der Waals surface area (Å²) in [5.74, 6) is -0.208. The molecule has 1 aliphatic rings. The zero-order valence-corrected chi connectivity index (χ0v) is 20.8. The molecule has 0 unspecified atom stereocenters. The van der Waals surface area contributed by atoms with Gasteiger partial charge in [-0.3, -0.25) is 0 Å². The summed E-state index contributed by atoms with van der Waals surface area (Å²) in [5, 5.41) is 0. The standard InChI is InChI=1S/C34H28FN/c1-23-20-26(24-10-6-4-7-11-24)14-17-31(23)36-32-18-15-27(25-12-8-5-9-13-25)21-29(32)34(2,3)30-22-28(35)16-19-33(30)36/h4-22H,1-3H3. The van der Waals surface area contributed by atoms with Crippen molar-refractivity contribution in [2.75, 3.05) is 4.90 Å². The highest BCUT2D eigenvalue weighted by molar-refractivity contribution is 5.89. The summed E-state index contributed by atoms with van der Waals surface area (Å²) in [6, 6.07) is 39.4. The monoisotopic (exact) mass is 469 g/mol. The number of hydrogen-bond donors (Lipinski definition) is 0. The van der Waals surface area contributed by atoms with Crippen molar-refractivity contribution in [2.45, 2.75) is 26.2 Å². The highest BCUT2D eigenvalue weighted by Gasteiger charge is 2.37. The minimum absolute atomic E-state index is 0.208. The highest BCUT2D eigenvalue weighted by Crippen LogP contribution is 2.53. The first kappa shape index (κ1) is 22.3. The van der Waals surface area contributed by atoms with E-state index in [0.717, 1.165) is 22.6 Å². The number of anilines is 3. The van der Waals surface area contributed by atoms with E-state index in [-0.39, 0.29) is 11.2 Å². The van der Waals surface area contributed by atoms with E-state index < -0.39 is 0 Å². The second-order valence-corrected chi connectivity index (χ2v) is 10.1. The van der Waals surface area contributed by atoms with E-state index in [1.807, 2.05) is 18.2 Å². The van der Waals surface area contributed by atoms with Gasteiger partial charge in [0.2, 0.25) is 0 Å². The van der Waals surface area contributed by atoms with E-state index in [2.05, 4.69) is 111 Å². The predicted octanol–water partition coefficient (Wildman–Crippen LogP) is 9.58. The Balaban J connectivity index is 1.56. The largest absolute Gasteiger partial charge is 0.310 e. The first-order valence-corrected chi connectivity index (χ1v) is 12.4. The highest BCUT2D eigenvalue weighted by atomic mass is 19.1. The minimum Gasteiger partial charge on any atom is -0.310 e. The molecular formula is C34H28FN. The molecule has 2 heteroatoms. The molecule has 6 rings (SSSR count). The van der Waals surface area contributed by atoms with Gasteiger partial charge in [0.25, 0.3) is 0 Å². The van der Waals surface area contributed by atoms with Gasteiger partial charge in [-0.1, -0.05) is 86.6 Å². The number of hydrogen-bond acceptors (Lipinski definition) is 1. The lowest BCUT2D eigenvalue weighted by Crippen LogP contribution is -2.31. The van der Waals surface area contributed by atoms with Crippen LogP contribution in [0, 0.1) is 12.7 Å². The summed E-state index contributed by atoms with van der Waals surface area (Å²) < 4.78 is 14.6. The van der Waals surface area contributed by atoms with Gasteiger partial charge in [0.05, 0.1) is 11.4 Å². The predicted molar refractivity (Wildman–Crippen MR) is 149 cm³/mol. The molecule has 36 heavy (non-hydrogen) atoms. The zero-order valence-electron chi connectivity index (χ0n) is 20.8. The van der Waals surface area contributed by atoms with E-state index in [1.165, 1.54) is 33.4 Å². The Morgan fingerprint density at radius 2 is 1.03 bits per heavy atom. The molecule has 0 fully saturated rings. The maximum Gasteiger partial charge on any atom is 0.123 e. The van der Waals surface area contributed by atoms with E-state index in [1.54, 1.807) is 12.1 Å². The molecule has 0 radical (unpaired) electrons. The molecular weight excluding hydrogens is 441 g/mol. The second kappa shape index (κ2) is 8.49. The molecule has 1 aliphatic heterocycles. The first-order valence-electron chi connectivity index (χ1n) is 12.4. The summed E-state index contributed by atoms with van der Waals surface area (Å²) in [4.78, 5) is 2.30. The Morgan fingerprint density at radius 3 is 1.61 bits per heavy atom. The Bertz CT molecular complexity index is 1570. The van der Waals surface area contributed by atoms with Crippen molar-refractivity contribution in [3.8, 4) is 22.3 Å². The Morgan fingerprint density at radius 1 is 0.528 bits per heavy atom. The summed E-state index contributed by atoms with van der Waals surface area (Å²) in [6.07, 6.45) is 0. The van der Waals surface area contributed by atoms with Crippen molar-refractivity contribution in [3.05, 3.63) is 138 Å². The summed E-state index contributed by atoms with van der Waals surface area (Å²) in [6.45, 7) is 6.55. The van der Waals surface area contributed by atoms with Crippen molar-refractivity contribution < 1.29 is 4.39 Å². The quantitative estimate of drug-likeness (QED) is 0.254. The van der Waals surface area contributed by atoms with E-state index in [4.69, 9.17) is 0 Å². The maximum atomic E-state index is 14.6. The van der Waals surface area contributed by atoms with Crippen LogP contribution >= 0.6 is 0 Å². The topological polar surface area (TPSA) is 3.24 Å². The van der Waals surface area contributed by atoms with Gasteiger partial charge in [-0.2, -0.15) is 0 Å². The lowest BCUT2D eigenvalue weighted by atomic mass is 9.72. The van der Waals surface area contributed by atoms with Crippen LogP contribution in [-0.2, 0) is 5.41 Å². The normalized spacial score (nSPS) is 13.7. The van der Waals surface area contributed by atoms with Gasteiger partial charge < -0.3 is 4.90 Å². The van der Waals surface area contributed by atoms with Crippen LogP contribution in [0.1, 0.15) is 30.5 Å². The number of fused-ring (bicyclic) bond motifs is 2. The summed E-state index contributed by atoms with van der Waals surface area (Å²) in [5.41, 5.74) is 11.0. The minimum atomic E-state index is -0.355. The third-order valence-electron chi connectivity index (χ3n) is 7.44. The van der Waals surface area contributed by atoms with Crippen molar-refractivity contribution >= 4 is 17.1 Å². The molecule has 0 bridgehead atoms. The molecule has 5 aromatic carbocycles. The van der Waals surface area contributed by atoms with Gasteiger partial charge in [0.1, 0.15) is 5.82 Å².